The SMILES string of the molecule is Cc1noc2ncnc(N3CCCC(C(=O)N4CCN(C5CCCCC5)CC4)C3)c12. The first-order valence-electron chi connectivity index (χ1n) is 11.6. The monoisotopic (exact) mass is 412 g/mol. The van der Waals surface area contributed by atoms with Gasteiger partial charge in [-0.25, -0.2) is 4.98 Å². The lowest BCUT2D eigenvalue weighted by Crippen LogP contribution is -2.54. The fraction of sp³-hybridized carbons (Fsp3) is 0.727. The molecule has 162 valence electrons. The summed E-state index contributed by atoms with van der Waals surface area (Å²) in [6, 6.07) is 0.744. The molecule has 0 spiro atoms. The third kappa shape index (κ3) is 3.77. The van der Waals surface area contributed by atoms with Crippen LogP contribution in [0.25, 0.3) is 11.1 Å². The summed E-state index contributed by atoms with van der Waals surface area (Å²) in [6.45, 7) is 7.31. The molecule has 1 unspecified atom stereocenters. The average Bonchev–Trinajstić information content (AvgIpc) is 3.20. The number of hydrogen-bond donors (Lipinski definition) is 0. The highest BCUT2D eigenvalue weighted by molar-refractivity contribution is 5.88. The molecule has 2 saturated heterocycles. The number of anilines is 1. The first kappa shape index (κ1) is 19.7. The van der Waals surface area contributed by atoms with E-state index >= 15 is 0 Å². The van der Waals surface area contributed by atoms with Crippen LogP contribution in [-0.4, -0.2) is 76.1 Å². The molecule has 0 bridgehead atoms. The molecule has 8 heteroatoms. The summed E-state index contributed by atoms with van der Waals surface area (Å²) in [7, 11) is 0. The van der Waals surface area contributed by atoms with Crippen molar-refractivity contribution >= 4 is 22.8 Å². The van der Waals surface area contributed by atoms with Crippen molar-refractivity contribution in [1.82, 2.24) is 24.9 Å². The lowest BCUT2D eigenvalue weighted by molar-refractivity contribution is -0.138. The van der Waals surface area contributed by atoms with Crippen molar-refractivity contribution in [3.05, 3.63) is 12.0 Å². The van der Waals surface area contributed by atoms with Gasteiger partial charge in [-0.3, -0.25) is 9.69 Å². The van der Waals surface area contributed by atoms with Gasteiger partial charge >= 0.3 is 0 Å². The third-order valence-electron chi connectivity index (χ3n) is 7.21. The minimum Gasteiger partial charge on any atom is -0.355 e. The van der Waals surface area contributed by atoms with Gasteiger partial charge in [-0.05, 0) is 32.6 Å². The van der Waals surface area contributed by atoms with Crippen LogP contribution in [0.5, 0.6) is 0 Å². The number of aryl methyl sites for hydroxylation is 1. The maximum Gasteiger partial charge on any atom is 0.263 e. The Morgan fingerprint density at radius 2 is 1.80 bits per heavy atom. The maximum absolute atomic E-state index is 13.3. The summed E-state index contributed by atoms with van der Waals surface area (Å²) >= 11 is 0. The molecule has 1 amide bonds. The third-order valence-corrected chi connectivity index (χ3v) is 7.21. The van der Waals surface area contributed by atoms with Gasteiger partial charge in [0, 0.05) is 45.3 Å². The van der Waals surface area contributed by atoms with E-state index in [9.17, 15) is 4.79 Å². The highest BCUT2D eigenvalue weighted by Crippen LogP contribution is 2.30. The van der Waals surface area contributed by atoms with Gasteiger partial charge in [0.05, 0.1) is 11.6 Å². The molecule has 2 aliphatic heterocycles. The quantitative estimate of drug-likeness (QED) is 0.767. The number of carbonyl (C=O) groups is 1. The second kappa shape index (κ2) is 8.49. The van der Waals surface area contributed by atoms with Crippen LogP contribution in [0.2, 0.25) is 0 Å². The van der Waals surface area contributed by atoms with E-state index in [1.165, 1.54) is 38.4 Å². The molecule has 1 saturated carbocycles. The number of amides is 1. The van der Waals surface area contributed by atoms with Crippen molar-refractivity contribution < 1.29 is 9.32 Å². The Morgan fingerprint density at radius 3 is 2.60 bits per heavy atom. The number of piperazine rings is 1. The second-order valence-corrected chi connectivity index (χ2v) is 9.08. The number of nitrogens with zero attached hydrogens (tertiary/aromatic N) is 6. The molecule has 0 radical (unpaired) electrons. The highest BCUT2D eigenvalue weighted by atomic mass is 16.5. The van der Waals surface area contributed by atoms with Gasteiger partial charge in [0.2, 0.25) is 5.91 Å². The normalized spacial score (nSPS) is 24.5. The molecule has 3 fully saturated rings. The molecule has 1 aliphatic carbocycles. The van der Waals surface area contributed by atoms with Crippen LogP contribution in [-0.2, 0) is 4.79 Å². The lowest BCUT2D eigenvalue weighted by atomic mass is 9.93. The number of carbonyl (C=O) groups excluding carboxylic acids is 1. The van der Waals surface area contributed by atoms with E-state index in [4.69, 9.17) is 4.52 Å². The number of piperidine rings is 1. The van der Waals surface area contributed by atoms with Gasteiger partial charge in [0.15, 0.2) is 0 Å². The van der Waals surface area contributed by atoms with Crippen molar-refractivity contribution in [3.8, 4) is 0 Å². The Bertz CT molecular complexity index is 885. The Kier molecular flexibility index (Phi) is 5.58. The molecule has 5 rings (SSSR count). The number of hydrogen-bond acceptors (Lipinski definition) is 7. The minimum absolute atomic E-state index is 0.0326. The van der Waals surface area contributed by atoms with Crippen molar-refractivity contribution in [2.75, 3.05) is 44.2 Å². The van der Waals surface area contributed by atoms with Crippen molar-refractivity contribution in [1.29, 1.82) is 0 Å². The Morgan fingerprint density at radius 1 is 1.00 bits per heavy atom. The fourth-order valence-corrected chi connectivity index (χ4v) is 5.53. The minimum atomic E-state index is 0.0326. The Hall–Kier alpha value is -2.22. The summed E-state index contributed by atoms with van der Waals surface area (Å²) in [5.41, 5.74) is 1.32. The van der Waals surface area contributed by atoms with Gasteiger partial charge < -0.3 is 14.3 Å². The van der Waals surface area contributed by atoms with Crippen LogP contribution < -0.4 is 4.90 Å². The van der Waals surface area contributed by atoms with Crippen molar-refractivity contribution in [3.63, 3.8) is 0 Å². The molecule has 1 atom stereocenters. The largest absolute Gasteiger partial charge is 0.355 e. The molecule has 0 aromatic carbocycles. The van der Waals surface area contributed by atoms with E-state index in [-0.39, 0.29) is 5.92 Å². The predicted octanol–water partition coefficient (Wildman–Crippen LogP) is 2.62. The molecular weight excluding hydrogens is 380 g/mol. The van der Waals surface area contributed by atoms with Crippen LogP contribution in [0.3, 0.4) is 0 Å². The maximum atomic E-state index is 13.3. The van der Waals surface area contributed by atoms with Gasteiger partial charge in [0.25, 0.3) is 5.71 Å². The standard InChI is InChI=1S/C22H32N6O2/c1-16-19-20(23-15-24-21(19)30-25-16)28-9-5-6-17(14-28)22(29)27-12-10-26(11-13-27)18-7-3-2-4-8-18/h15,17-18H,2-14H2,1H3. The van der Waals surface area contributed by atoms with Crippen LogP contribution >= 0.6 is 0 Å². The van der Waals surface area contributed by atoms with Crippen LogP contribution in [0.1, 0.15) is 50.6 Å². The summed E-state index contributed by atoms with van der Waals surface area (Å²) in [5, 5.41) is 4.91. The van der Waals surface area contributed by atoms with E-state index in [2.05, 4.69) is 29.8 Å². The molecule has 30 heavy (non-hydrogen) atoms. The first-order chi connectivity index (χ1) is 14.7. The highest BCUT2D eigenvalue weighted by Gasteiger charge is 2.33. The van der Waals surface area contributed by atoms with Gasteiger partial charge in [-0.1, -0.05) is 24.4 Å². The molecule has 3 aliphatic rings. The van der Waals surface area contributed by atoms with E-state index < -0.39 is 0 Å². The van der Waals surface area contributed by atoms with Crippen LogP contribution in [0.15, 0.2) is 10.9 Å². The van der Waals surface area contributed by atoms with Gasteiger partial charge in [-0.2, -0.15) is 4.98 Å². The molecule has 2 aromatic heterocycles. The summed E-state index contributed by atoms with van der Waals surface area (Å²) in [4.78, 5) is 29.0. The molecular formula is C22H32N6O2. The van der Waals surface area contributed by atoms with Crippen LogP contribution in [0, 0.1) is 12.8 Å². The molecule has 8 nitrogen and oxygen atoms in total. The summed E-state index contributed by atoms with van der Waals surface area (Å²) in [5.74, 6) is 1.19. The zero-order chi connectivity index (χ0) is 20.5. The predicted molar refractivity (Wildman–Crippen MR) is 114 cm³/mol. The second-order valence-electron chi connectivity index (χ2n) is 9.08. The Balaban J connectivity index is 1.23. The zero-order valence-corrected chi connectivity index (χ0v) is 17.9. The first-order valence-corrected chi connectivity index (χ1v) is 11.6. The zero-order valence-electron chi connectivity index (χ0n) is 17.9. The van der Waals surface area contributed by atoms with E-state index in [1.807, 2.05) is 6.92 Å². The van der Waals surface area contributed by atoms with Gasteiger partial charge in [-0.15, -0.1) is 0 Å². The number of rotatable bonds is 3. The smallest absolute Gasteiger partial charge is 0.263 e. The van der Waals surface area contributed by atoms with Gasteiger partial charge in [0.1, 0.15) is 17.5 Å². The molecule has 4 heterocycles. The summed E-state index contributed by atoms with van der Waals surface area (Å²) < 4.78 is 5.30. The fourth-order valence-electron chi connectivity index (χ4n) is 5.53. The van der Waals surface area contributed by atoms with E-state index in [0.717, 1.165) is 68.5 Å². The molecule has 0 N–H and O–H groups in total. The van der Waals surface area contributed by atoms with Crippen molar-refractivity contribution in [2.24, 2.45) is 5.92 Å². The molecule has 2 aromatic rings. The number of fused-ring (bicyclic) bond motifs is 1. The van der Waals surface area contributed by atoms with E-state index in [1.54, 1.807) is 0 Å². The topological polar surface area (TPSA) is 78.6 Å². The average molecular weight is 413 g/mol. The summed E-state index contributed by atoms with van der Waals surface area (Å²) in [6.07, 6.45) is 10.3. The lowest BCUT2D eigenvalue weighted by Gasteiger charge is -2.42. The Labute approximate surface area is 177 Å². The van der Waals surface area contributed by atoms with Crippen LogP contribution in [0.4, 0.5) is 5.82 Å². The van der Waals surface area contributed by atoms with E-state index in [0.29, 0.717) is 18.2 Å². The number of aromatic nitrogens is 3. The van der Waals surface area contributed by atoms with Crippen molar-refractivity contribution in [2.45, 2.75) is 57.9 Å².